The zero-order chi connectivity index (χ0) is 14.4. The van der Waals surface area contributed by atoms with E-state index in [1.54, 1.807) is 0 Å². The van der Waals surface area contributed by atoms with Gasteiger partial charge in [-0.1, -0.05) is 19.1 Å². The summed E-state index contributed by atoms with van der Waals surface area (Å²) in [6, 6.07) is 4.65. The maximum Gasteiger partial charge on any atom is 0.00189 e. The van der Waals surface area contributed by atoms with Gasteiger partial charge in [-0.25, -0.2) is 0 Å². The third-order valence-electron chi connectivity index (χ3n) is 4.12. The van der Waals surface area contributed by atoms with Crippen molar-refractivity contribution in [2.45, 2.75) is 40.5 Å². The molecule has 2 heteroatoms. The summed E-state index contributed by atoms with van der Waals surface area (Å²) in [5.74, 6) is 0.630. The summed E-state index contributed by atoms with van der Waals surface area (Å²) in [7, 11) is 2.21. The number of benzene rings is 1. The highest BCUT2D eigenvalue weighted by molar-refractivity contribution is 5.36. The highest BCUT2D eigenvalue weighted by Gasteiger charge is 2.06. The second-order valence-electron chi connectivity index (χ2n) is 6.05. The molecule has 1 unspecified atom stereocenters. The normalized spacial score (nSPS) is 13.0. The summed E-state index contributed by atoms with van der Waals surface area (Å²) >= 11 is 0. The number of hydrogen-bond acceptors (Lipinski definition) is 2. The van der Waals surface area contributed by atoms with Crippen LogP contribution in [0.3, 0.4) is 0 Å². The first-order valence-corrected chi connectivity index (χ1v) is 7.39. The predicted octanol–water partition coefficient (Wildman–Crippen LogP) is 3.07. The Morgan fingerprint density at radius 3 is 2.32 bits per heavy atom. The molecule has 19 heavy (non-hydrogen) atoms. The van der Waals surface area contributed by atoms with Crippen LogP contribution >= 0.6 is 0 Å². The number of likely N-dealkylation sites (N-methyl/N-ethyl adjacent to an activating group) is 1. The van der Waals surface area contributed by atoms with E-state index in [1.807, 2.05) is 0 Å². The maximum atomic E-state index is 5.66. The Kier molecular flexibility index (Phi) is 6.53. The van der Waals surface area contributed by atoms with Crippen molar-refractivity contribution < 1.29 is 0 Å². The SMILES string of the molecule is Cc1cc(C)c(CCN(C)CCC(C)CN)cc1C. The van der Waals surface area contributed by atoms with E-state index in [-0.39, 0.29) is 0 Å². The molecule has 0 fully saturated rings. The minimum atomic E-state index is 0.630. The average Bonchev–Trinajstić information content (AvgIpc) is 2.38. The number of hydrogen-bond donors (Lipinski definition) is 1. The molecule has 0 bridgehead atoms. The molecule has 0 aliphatic rings. The number of nitrogens with zero attached hydrogens (tertiary/aromatic N) is 1. The fourth-order valence-corrected chi connectivity index (χ4v) is 2.27. The van der Waals surface area contributed by atoms with Gasteiger partial charge in [-0.3, -0.25) is 0 Å². The molecular weight excluding hydrogens is 232 g/mol. The molecule has 0 amide bonds. The molecule has 0 saturated carbocycles. The van der Waals surface area contributed by atoms with Gasteiger partial charge in [0.15, 0.2) is 0 Å². The largest absolute Gasteiger partial charge is 0.330 e. The molecule has 0 aliphatic heterocycles. The monoisotopic (exact) mass is 262 g/mol. The lowest BCUT2D eigenvalue weighted by molar-refractivity contribution is 0.310. The third kappa shape index (κ3) is 5.33. The Hall–Kier alpha value is -0.860. The second kappa shape index (κ2) is 7.66. The maximum absolute atomic E-state index is 5.66. The Balaban J connectivity index is 2.46. The molecule has 2 N–H and O–H groups in total. The third-order valence-corrected chi connectivity index (χ3v) is 4.12. The first-order valence-electron chi connectivity index (χ1n) is 7.39. The van der Waals surface area contributed by atoms with E-state index in [9.17, 15) is 0 Å². The number of nitrogens with two attached hydrogens (primary N) is 1. The van der Waals surface area contributed by atoms with Crippen molar-refractivity contribution in [3.05, 3.63) is 34.4 Å². The van der Waals surface area contributed by atoms with Gasteiger partial charge in [0.05, 0.1) is 0 Å². The van der Waals surface area contributed by atoms with Gasteiger partial charge in [0.25, 0.3) is 0 Å². The second-order valence-corrected chi connectivity index (χ2v) is 6.05. The zero-order valence-corrected chi connectivity index (χ0v) is 13.3. The summed E-state index contributed by atoms with van der Waals surface area (Å²) in [6.07, 6.45) is 2.33. The van der Waals surface area contributed by atoms with Gasteiger partial charge < -0.3 is 10.6 Å². The van der Waals surface area contributed by atoms with Gasteiger partial charge in [-0.2, -0.15) is 0 Å². The van der Waals surface area contributed by atoms with Crippen LogP contribution in [0, 0.1) is 26.7 Å². The molecule has 1 aromatic rings. The Labute approximate surface area is 119 Å². The molecular formula is C17H30N2. The predicted molar refractivity (Wildman–Crippen MR) is 84.7 cm³/mol. The first kappa shape index (κ1) is 16.2. The fourth-order valence-electron chi connectivity index (χ4n) is 2.27. The van der Waals surface area contributed by atoms with Crippen molar-refractivity contribution in [3.8, 4) is 0 Å². The molecule has 1 atom stereocenters. The minimum Gasteiger partial charge on any atom is -0.330 e. The van der Waals surface area contributed by atoms with Crippen molar-refractivity contribution in [2.24, 2.45) is 11.7 Å². The van der Waals surface area contributed by atoms with Crippen LogP contribution in [-0.4, -0.2) is 31.6 Å². The Morgan fingerprint density at radius 2 is 1.68 bits per heavy atom. The lowest BCUT2D eigenvalue weighted by Crippen LogP contribution is -2.25. The van der Waals surface area contributed by atoms with E-state index in [2.05, 4.69) is 51.8 Å². The lowest BCUT2D eigenvalue weighted by Gasteiger charge is -2.19. The van der Waals surface area contributed by atoms with Crippen molar-refractivity contribution in [1.82, 2.24) is 4.90 Å². The van der Waals surface area contributed by atoms with Crippen LogP contribution in [0.4, 0.5) is 0 Å². The molecule has 108 valence electrons. The van der Waals surface area contributed by atoms with Gasteiger partial charge in [-0.05, 0) is 81.9 Å². The van der Waals surface area contributed by atoms with Crippen LogP contribution in [0.5, 0.6) is 0 Å². The zero-order valence-electron chi connectivity index (χ0n) is 13.3. The van der Waals surface area contributed by atoms with Crippen LogP contribution in [0.1, 0.15) is 35.6 Å². The van der Waals surface area contributed by atoms with Gasteiger partial charge in [0, 0.05) is 6.54 Å². The summed E-state index contributed by atoms with van der Waals surface area (Å²) in [6.45, 7) is 11.9. The molecule has 0 aromatic heterocycles. The van der Waals surface area contributed by atoms with Crippen molar-refractivity contribution >= 4 is 0 Å². The highest BCUT2D eigenvalue weighted by atomic mass is 15.1. The molecule has 0 aliphatic carbocycles. The van der Waals surface area contributed by atoms with Crippen LogP contribution in [-0.2, 0) is 6.42 Å². The number of aryl methyl sites for hydroxylation is 3. The summed E-state index contributed by atoms with van der Waals surface area (Å²) in [5, 5.41) is 0. The van der Waals surface area contributed by atoms with Crippen LogP contribution in [0.2, 0.25) is 0 Å². The minimum absolute atomic E-state index is 0.630. The van der Waals surface area contributed by atoms with Crippen molar-refractivity contribution in [2.75, 3.05) is 26.7 Å². The summed E-state index contributed by atoms with van der Waals surface area (Å²) < 4.78 is 0. The van der Waals surface area contributed by atoms with Crippen LogP contribution in [0.15, 0.2) is 12.1 Å². The smallest absolute Gasteiger partial charge is 0.00189 e. The van der Waals surface area contributed by atoms with E-state index in [4.69, 9.17) is 5.73 Å². The van der Waals surface area contributed by atoms with Crippen molar-refractivity contribution in [3.63, 3.8) is 0 Å². The Bertz CT molecular complexity index is 398. The van der Waals surface area contributed by atoms with E-state index in [0.717, 1.165) is 26.1 Å². The van der Waals surface area contributed by atoms with Crippen LogP contribution in [0.25, 0.3) is 0 Å². The average molecular weight is 262 g/mol. The summed E-state index contributed by atoms with van der Waals surface area (Å²) in [5.41, 5.74) is 11.4. The van der Waals surface area contributed by atoms with Crippen LogP contribution < -0.4 is 5.73 Å². The Morgan fingerprint density at radius 1 is 1.05 bits per heavy atom. The van der Waals surface area contributed by atoms with E-state index < -0.39 is 0 Å². The van der Waals surface area contributed by atoms with Gasteiger partial charge >= 0.3 is 0 Å². The molecule has 0 heterocycles. The topological polar surface area (TPSA) is 29.3 Å². The highest BCUT2D eigenvalue weighted by Crippen LogP contribution is 2.16. The van der Waals surface area contributed by atoms with Gasteiger partial charge in [0.1, 0.15) is 0 Å². The molecule has 0 spiro atoms. The molecule has 0 saturated heterocycles. The molecule has 2 nitrogen and oxygen atoms in total. The first-order chi connectivity index (χ1) is 8.93. The molecule has 1 aromatic carbocycles. The van der Waals surface area contributed by atoms with E-state index >= 15 is 0 Å². The quantitative estimate of drug-likeness (QED) is 0.818. The van der Waals surface area contributed by atoms with E-state index in [1.165, 1.54) is 28.7 Å². The lowest BCUT2D eigenvalue weighted by atomic mass is 9.98. The number of rotatable bonds is 7. The molecule has 0 radical (unpaired) electrons. The van der Waals surface area contributed by atoms with Gasteiger partial charge in [-0.15, -0.1) is 0 Å². The van der Waals surface area contributed by atoms with E-state index in [0.29, 0.717) is 5.92 Å². The summed E-state index contributed by atoms with van der Waals surface area (Å²) in [4.78, 5) is 2.42. The molecule has 1 rings (SSSR count). The van der Waals surface area contributed by atoms with Crippen molar-refractivity contribution in [1.29, 1.82) is 0 Å². The van der Waals surface area contributed by atoms with Gasteiger partial charge in [0.2, 0.25) is 0 Å². The fraction of sp³-hybridized carbons (Fsp3) is 0.647. The standard InChI is InChI=1S/C17H30N2/c1-13(12-18)6-8-19(5)9-7-17-11-15(3)14(2)10-16(17)4/h10-11,13H,6-9,12,18H2,1-5H3.